The number of halogens is 1. The van der Waals surface area contributed by atoms with Crippen molar-refractivity contribution in [3.05, 3.63) is 22.8 Å². The molecule has 4 nitrogen and oxygen atoms in total. The van der Waals surface area contributed by atoms with Crippen LogP contribution in [0.1, 0.15) is 49.9 Å². The summed E-state index contributed by atoms with van der Waals surface area (Å²) >= 11 is 5.95. The van der Waals surface area contributed by atoms with E-state index >= 15 is 0 Å². The summed E-state index contributed by atoms with van der Waals surface area (Å²) in [5.74, 6) is 0.562. The number of carbonyl (C=O) groups excluding carboxylic acids is 1. The maximum Gasteiger partial charge on any atom is 0.251 e. The minimum Gasteiger partial charge on any atom is -0.370 e. The average Bonchev–Trinajstić information content (AvgIpc) is 2.37. The maximum atomic E-state index is 12.2. The Labute approximate surface area is 125 Å². The second-order valence-corrected chi connectivity index (χ2v) is 5.87. The number of hydrogen-bond acceptors (Lipinski definition) is 3. The van der Waals surface area contributed by atoms with Crippen LogP contribution in [-0.4, -0.2) is 24.0 Å². The third-order valence-corrected chi connectivity index (χ3v) is 4.40. The molecular weight excluding hydrogens is 274 g/mol. The van der Waals surface area contributed by atoms with Gasteiger partial charge < -0.3 is 10.6 Å². The van der Waals surface area contributed by atoms with Crippen LogP contribution in [-0.2, 0) is 0 Å². The van der Waals surface area contributed by atoms with E-state index in [0.717, 1.165) is 19.5 Å². The lowest BCUT2D eigenvalue weighted by molar-refractivity contribution is 0.0850. The summed E-state index contributed by atoms with van der Waals surface area (Å²) in [7, 11) is 0. The molecule has 0 radical (unpaired) electrons. The summed E-state index contributed by atoms with van der Waals surface area (Å²) in [6.07, 6.45) is 4.81. The zero-order valence-electron chi connectivity index (χ0n) is 12.1. The van der Waals surface area contributed by atoms with E-state index in [-0.39, 0.29) is 5.91 Å². The van der Waals surface area contributed by atoms with Gasteiger partial charge in [0.05, 0.1) is 0 Å². The Morgan fingerprint density at radius 1 is 1.40 bits per heavy atom. The van der Waals surface area contributed by atoms with E-state index in [2.05, 4.69) is 22.5 Å². The van der Waals surface area contributed by atoms with Crippen LogP contribution in [0.5, 0.6) is 0 Å². The van der Waals surface area contributed by atoms with E-state index in [1.54, 1.807) is 12.1 Å². The van der Waals surface area contributed by atoms with Crippen molar-refractivity contribution in [2.24, 2.45) is 5.41 Å². The van der Waals surface area contributed by atoms with Crippen LogP contribution in [0.4, 0.5) is 5.82 Å². The summed E-state index contributed by atoms with van der Waals surface area (Å²) < 4.78 is 0. The first-order valence-electron chi connectivity index (χ1n) is 7.28. The van der Waals surface area contributed by atoms with Crippen LogP contribution < -0.4 is 10.6 Å². The molecule has 1 amide bonds. The number of hydrogen-bond donors (Lipinski definition) is 2. The van der Waals surface area contributed by atoms with Crippen molar-refractivity contribution in [3.63, 3.8) is 0 Å². The first-order chi connectivity index (χ1) is 9.58. The van der Waals surface area contributed by atoms with Crippen LogP contribution in [0.2, 0.25) is 5.15 Å². The third kappa shape index (κ3) is 3.42. The van der Waals surface area contributed by atoms with Gasteiger partial charge in [0.2, 0.25) is 0 Å². The van der Waals surface area contributed by atoms with Crippen molar-refractivity contribution < 1.29 is 4.79 Å². The largest absolute Gasteiger partial charge is 0.370 e. The second kappa shape index (κ2) is 6.44. The zero-order chi connectivity index (χ0) is 14.6. The highest BCUT2D eigenvalue weighted by Gasteiger charge is 2.35. The molecule has 0 unspecified atom stereocenters. The van der Waals surface area contributed by atoms with Gasteiger partial charge in [-0.3, -0.25) is 4.79 Å². The summed E-state index contributed by atoms with van der Waals surface area (Å²) in [6, 6.07) is 3.35. The first-order valence-corrected chi connectivity index (χ1v) is 7.66. The third-order valence-electron chi connectivity index (χ3n) is 4.20. The molecule has 110 valence electrons. The standard InChI is InChI=1S/C15H22ClN3O/c1-3-15(6-5-7-15)10-18-14(20)11-8-12(16)19-13(9-11)17-4-2/h8-9H,3-7,10H2,1-2H3,(H,17,19)(H,18,20). The summed E-state index contributed by atoms with van der Waals surface area (Å²) in [5.41, 5.74) is 0.878. The van der Waals surface area contributed by atoms with Gasteiger partial charge in [-0.05, 0) is 43.7 Å². The van der Waals surface area contributed by atoms with Crippen LogP contribution >= 0.6 is 11.6 Å². The Kier molecular flexibility index (Phi) is 4.86. The lowest BCUT2D eigenvalue weighted by Crippen LogP contribution is -2.41. The van der Waals surface area contributed by atoms with E-state index in [4.69, 9.17) is 11.6 Å². The summed E-state index contributed by atoms with van der Waals surface area (Å²) in [4.78, 5) is 16.4. The molecule has 1 aliphatic carbocycles. The molecule has 1 aromatic heterocycles. The highest BCUT2D eigenvalue weighted by molar-refractivity contribution is 6.29. The van der Waals surface area contributed by atoms with Crippen LogP contribution in [0.25, 0.3) is 0 Å². The number of amides is 1. The van der Waals surface area contributed by atoms with E-state index in [9.17, 15) is 4.79 Å². The number of nitrogens with one attached hydrogen (secondary N) is 2. The van der Waals surface area contributed by atoms with E-state index in [0.29, 0.717) is 21.9 Å². The van der Waals surface area contributed by atoms with Gasteiger partial charge in [0.1, 0.15) is 11.0 Å². The molecule has 0 aromatic carbocycles. The number of aromatic nitrogens is 1. The maximum absolute atomic E-state index is 12.2. The van der Waals surface area contributed by atoms with Gasteiger partial charge in [-0.15, -0.1) is 0 Å². The van der Waals surface area contributed by atoms with Gasteiger partial charge in [0.25, 0.3) is 5.91 Å². The average molecular weight is 296 g/mol. The summed E-state index contributed by atoms with van der Waals surface area (Å²) in [6.45, 7) is 5.66. The normalized spacial score (nSPS) is 16.4. The molecule has 1 fully saturated rings. The molecule has 2 N–H and O–H groups in total. The van der Waals surface area contributed by atoms with Gasteiger partial charge in [0.15, 0.2) is 0 Å². The highest BCUT2D eigenvalue weighted by atomic mass is 35.5. The zero-order valence-corrected chi connectivity index (χ0v) is 12.9. The molecule has 0 spiro atoms. The number of pyridine rings is 1. The van der Waals surface area contributed by atoms with Gasteiger partial charge in [0, 0.05) is 18.7 Å². The molecule has 1 aromatic rings. The second-order valence-electron chi connectivity index (χ2n) is 5.48. The fraction of sp³-hybridized carbons (Fsp3) is 0.600. The Morgan fingerprint density at radius 2 is 2.15 bits per heavy atom. The molecule has 1 aliphatic rings. The molecule has 0 bridgehead atoms. The fourth-order valence-corrected chi connectivity index (χ4v) is 2.81. The van der Waals surface area contributed by atoms with Crippen molar-refractivity contribution in [1.82, 2.24) is 10.3 Å². The highest BCUT2D eigenvalue weighted by Crippen LogP contribution is 2.43. The Morgan fingerprint density at radius 3 is 2.70 bits per heavy atom. The van der Waals surface area contributed by atoms with Crippen molar-refractivity contribution in [3.8, 4) is 0 Å². The lowest BCUT2D eigenvalue weighted by Gasteiger charge is -2.41. The smallest absolute Gasteiger partial charge is 0.251 e. The fourth-order valence-electron chi connectivity index (χ4n) is 2.60. The molecule has 20 heavy (non-hydrogen) atoms. The molecular formula is C15H22ClN3O. The number of anilines is 1. The quantitative estimate of drug-likeness (QED) is 0.790. The minimum absolute atomic E-state index is 0.0758. The molecule has 5 heteroatoms. The Balaban J connectivity index is 2.01. The van der Waals surface area contributed by atoms with Gasteiger partial charge in [-0.25, -0.2) is 4.98 Å². The van der Waals surface area contributed by atoms with Gasteiger partial charge >= 0.3 is 0 Å². The monoisotopic (exact) mass is 295 g/mol. The minimum atomic E-state index is -0.0758. The number of carbonyl (C=O) groups is 1. The summed E-state index contributed by atoms with van der Waals surface area (Å²) in [5, 5.41) is 6.45. The van der Waals surface area contributed by atoms with E-state index in [1.807, 2.05) is 6.92 Å². The number of nitrogens with zero attached hydrogens (tertiary/aromatic N) is 1. The first kappa shape index (κ1) is 15.1. The predicted octanol–water partition coefficient (Wildman–Crippen LogP) is 3.48. The van der Waals surface area contributed by atoms with Crippen molar-refractivity contribution >= 4 is 23.3 Å². The Bertz CT molecular complexity index is 480. The predicted molar refractivity (Wildman–Crippen MR) is 82.3 cm³/mol. The SMILES string of the molecule is CCNc1cc(C(=O)NCC2(CC)CCC2)cc(Cl)n1. The molecule has 0 aliphatic heterocycles. The van der Waals surface area contributed by atoms with Crippen molar-refractivity contribution in [2.45, 2.75) is 39.5 Å². The molecule has 0 atom stereocenters. The van der Waals surface area contributed by atoms with E-state index < -0.39 is 0 Å². The van der Waals surface area contributed by atoms with Crippen molar-refractivity contribution in [1.29, 1.82) is 0 Å². The topological polar surface area (TPSA) is 54.0 Å². The van der Waals surface area contributed by atoms with Crippen LogP contribution in [0.3, 0.4) is 0 Å². The number of rotatable bonds is 6. The van der Waals surface area contributed by atoms with Crippen molar-refractivity contribution in [2.75, 3.05) is 18.4 Å². The molecule has 1 heterocycles. The molecule has 2 rings (SSSR count). The molecule has 1 saturated carbocycles. The lowest BCUT2D eigenvalue weighted by atomic mass is 9.67. The van der Waals surface area contributed by atoms with Gasteiger partial charge in [-0.2, -0.15) is 0 Å². The molecule has 0 saturated heterocycles. The van der Waals surface area contributed by atoms with Gasteiger partial charge in [-0.1, -0.05) is 24.9 Å². The Hall–Kier alpha value is -1.29. The van der Waals surface area contributed by atoms with Crippen LogP contribution in [0.15, 0.2) is 12.1 Å². The van der Waals surface area contributed by atoms with E-state index in [1.165, 1.54) is 19.3 Å². The van der Waals surface area contributed by atoms with Crippen LogP contribution in [0, 0.1) is 5.41 Å².